The van der Waals surface area contributed by atoms with Crippen LogP contribution in [-0.4, -0.2) is 26.1 Å². The number of carbonyl (C=O) groups excluding carboxylic acids is 1. The molecule has 2 aromatic heterocycles. The number of hydrogen-bond donors (Lipinski definition) is 3. The van der Waals surface area contributed by atoms with Crippen LogP contribution in [0.2, 0.25) is 0 Å². The number of rotatable bonds is 4. The maximum absolute atomic E-state index is 11.9. The molecule has 3 rings (SSSR count). The van der Waals surface area contributed by atoms with Crippen LogP contribution in [0.1, 0.15) is 24.5 Å². The Morgan fingerprint density at radius 3 is 2.95 bits per heavy atom. The van der Waals surface area contributed by atoms with Crippen molar-refractivity contribution in [2.45, 2.75) is 19.4 Å². The van der Waals surface area contributed by atoms with E-state index >= 15 is 0 Å². The minimum Gasteiger partial charge on any atom is -0.346 e. The number of aromatic nitrogens is 4. The molecule has 1 aromatic carbocycles. The molecule has 0 aliphatic heterocycles. The van der Waals surface area contributed by atoms with Gasteiger partial charge in [-0.05, 0) is 25.1 Å². The molecule has 2 heterocycles. The maximum atomic E-state index is 11.9. The summed E-state index contributed by atoms with van der Waals surface area (Å²) in [5, 5.41) is 9.50. The predicted octanol–water partition coefficient (Wildman–Crippen LogP) is 1.71. The molecule has 3 N–H and O–H groups in total. The molecular weight excluding hydrogens is 254 g/mol. The van der Waals surface area contributed by atoms with Crippen LogP contribution in [0.25, 0.3) is 11.0 Å². The van der Waals surface area contributed by atoms with Crippen LogP contribution in [0.4, 0.5) is 0 Å². The van der Waals surface area contributed by atoms with Gasteiger partial charge in [0.2, 0.25) is 5.91 Å². The lowest BCUT2D eigenvalue weighted by atomic mass is 10.2. The first-order valence-electron chi connectivity index (χ1n) is 6.44. The molecule has 0 aliphatic rings. The van der Waals surface area contributed by atoms with E-state index in [1.54, 1.807) is 12.3 Å². The van der Waals surface area contributed by atoms with E-state index in [9.17, 15) is 4.79 Å². The van der Waals surface area contributed by atoms with Crippen LogP contribution in [0.15, 0.2) is 36.5 Å². The standard InChI is InChI=1S/C14H15N5O/c1-9(16-13(20)8-10-6-7-15-19-10)14-17-11-4-2-3-5-12(11)18-14/h2-7,9H,8H2,1H3,(H,15,19)(H,16,20)(H,17,18). The van der Waals surface area contributed by atoms with Crippen LogP contribution in [0.3, 0.4) is 0 Å². The number of nitrogens with zero attached hydrogens (tertiary/aromatic N) is 2. The zero-order chi connectivity index (χ0) is 13.9. The number of aromatic amines is 2. The summed E-state index contributed by atoms with van der Waals surface area (Å²) in [6.45, 7) is 1.91. The lowest BCUT2D eigenvalue weighted by molar-refractivity contribution is -0.121. The Balaban J connectivity index is 1.69. The summed E-state index contributed by atoms with van der Waals surface area (Å²) in [4.78, 5) is 19.6. The summed E-state index contributed by atoms with van der Waals surface area (Å²) in [6.07, 6.45) is 1.91. The first-order chi connectivity index (χ1) is 9.72. The number of fused-ring (bicyclic) bond motifs is 1. The van der Waals surface area contributed by atoms with E-state index in [1.165, 1.54) is 0 Å². The first kappa shape index (κ1) is 12.4. The Morgan fingerprint density at radius 1 is 1.35 bits per heavy atom. The highest BCUT2D eigenvalue weighted by Gasteiger charge is 2.14. The van der Waals surface area contributed by atoms with Gasteiger partial charge >= 0.3 is 0 Å². The molecule has 0 saturated heterocycles. The summed E-state index contributed by atoms with van der Waals surface area (Å²) in [5.74, 6) is 0.686. The summed E-state index contributed by atoms with van der Waals surface area (Å²) in [5.41, 5.74) is 2.66. The van der Waals surface area contributed by atoms with Crippen LogP contribution in [0, 0.1) is 0 Å². The molecule has 3 aromatic rings. The van der Waals surface area contributed by atoms with Crippen LogP contribution in [0.5, 0.6) is 0 Å². The van der Waals surface area contributed by atoms with Crippen molar-refractivity contribution in [3.63, 3.8) is 0 Å². The molecule has 0 radical (unpaired) electrons. The number of hydrogen-bond acceptors (Lipinski definition) is 3. The molecule has 0 saturated carbocycles. The number of amides is 1. The topological polar surface area (TPSA) is 86.5 Å². The third kappa shape index (κ3) is 2.54. The van der Waals surface area contributed by atoms with E-state index in [2.05, 4.69) is 25.5 Å². The van der Waals surface area contributed by atoms with Gasteiger partial charge in [-0.2, -0.15) is 5.10 Å². The molecule has 0 fully saturated rings. The Bertz CT molecular complexity index is 683. The van der Waals surface area contributed by atoms with Crippen molar-refractivity contribution >= 4 is 16.9 Å². The highest BCUT2D eigenvalue weighted by molar-refractivity contribution is 5.79. The third-order valence-electron chi connectivity index (χ3n) is 3.10. The maximum Gasteiger partial charge on any atom is 0.226 e. The van der Waals surface area contributed by atoms with Gasteiger partial charge < -0.3 is 10.3 Å². The lowest BCUT2D eigenvalue weighted by Gasteiger charge is -2.10. The number of H-pyrrole nitrogens is 2. The summed E-state index contributed by atoms with van der Waals surface area (Å²) < 4.78 is 0. The van der Waals surface area contributed by atoms with Crippen molar-refractivity contribution in [2.24, 2.45) is 0 Å². The van der Waals surface area contributed by atoms with Gasteiger partial charge in [0.15, 0.2) is 0 Å². The number of benzene rings is 1. The Hall–Kier alpha value is -2.63. The summed E-state index contributed by atoms with van der Waals surface area (Å²) in [7, 11) is 0. The fourth-order valence-electron chi connectivity index (χ4n) is 2.09. The van der Waals surface area contributed by atoms with Gasteiger partial charge in [0, 0.05) is 11.9 Å². The minimum absolute atomic E-state index is 0.0674. The summed E-state index contributed by atoms with van der Waals surface area (Å²) in [6, 6.07) is 9.41. The lowest BCUT2D eigenvalue weighted by Crippen LogP contribution is -2.28. The van der Waals surface area contributed by atoms with Gasteiger partial charge in [0.25, 0.3) is 0 Å². The van der Waals surface area contributed by atoms with Gasteiger partial charge in [0.1, 0.15) is 5.82 Å². The third-order valence-corrected chi connectivity index (χ3v) is 3.10. The van der Waals surface area contributed by atoms with Crippen LogP contribution in [-0.2, 0) is 11.2 Å². The zero-order valence-corrected chi connectivity index (χ0v) is 11.1. The second-order valence-corrected chi connectivity index (χ2v) is 4.69. The van der Waals surface area contributed by atoms with E-state index in [0.29, 0.717) is 0 Å². The van der Waals surface area contributed by atoms with Gasteiger partial charge in [0.05, 0.1) is 23.5 Å². The highest BCUT2D eigenvalue weighted by Crippen LogP contribution is 2.15. The minimum atomic E-state index is -0.169. The first-order valence-corrected chi connectivity index (χ1v) is 6.44. The van der Waals surface area contributed by atoms with Crippen molar-refractivity contribution in [3.8, 4) is 0 Å². The average molecular weight is 269 g/mol. The highest BCUT2D eigenvalue weighted by atomic mass is 16.1. The van der Waals surface area contributed by atoms with Crippen LogP contribution < -0.4 is 5.32 Å². The molecule has 6 heteroatoms. The van der Waals surface area contributed by atoms with E-state index in [-0.39, 0.29) is 18.4 Å². The fourth-order valence-corrected chi connectivity index (χ4v) is 2.09. The molecular formula is C14H15N5O. The molecule has 1 unspecified atom stereocenters. The van der Waals surface area contributed by atoms with Gasteiger partial charge in [-0.1, -0.05) is 12.1 Å². The van der Waals surface area contributed by atoms with Crippen molar-refractivity contribution in [1.82, 2.24) is 25.5 Å². The second-order valence-electron chi connectivity index (χ2n) is 4.69. The fraction of sp³-hybridized carbons (Fsp3) is 0.214. The summed E-state index contributed by atoms with van der Waals surface area (Å²) >= 11 is 0. The largest absolute Gasteiger partial charge is 0.346 e. The Kier molecular flexibility index (Phi) is 3.20. The van der Waals surface area contributed by atoms with Crippen molar-refractivity contribution in [3.05, 3.63) is 48.0 Å². The van der Waals surface area contributed by atoms with Crippen LogP contribution >= 0.6 is 0 Å². The molecule has 1 atom stereocenters. The molecule has 0 bridgehead atoms. The smallest absolute Gasteiger partial charge is 0.226 e. The average Bonchev–Trinajstić information content (AvgIpc) is 3.06. The predicted molar refractivity (Wildman–Crippen MR) is 74.9 cm³/mol. The van der Waals surface area contributed by atoms with E-state index in [0.717, 1.165) is 22.6 Å². The molecule has 20 heavy (non-hydrogen) atoms. The molecule has 6 nitrogen and oxygen atoms in total. The number of carbonyl (C=O) groups is 1. The number of nitrogens with one attached hydrogen (secondary N) is 3. The molecule has 1 amide bonds. The second kappa shape index (κ2) is 5.16. The number of imidazole rings is 1. The Morgan fingerprint density at radius 2 is 2.20 bits per heavy atom. The Labute approximate surface area is 115 Å². The molecule has 102 valence electrons. The van der Waals surface area contributed by atoms with Crippen molar-refractivity contribution in [2.75, 3.05) is 0 Å². The van der Waals surface area contributed by atoms with E-state index < -0.39 is 0 Å². The quantitative estimate of drug-likeness (QED) is 0.674. The zero-order valence-electron chi connectivity index (χ0n) is 11.1. The van der Waals surface area contributed by atoms with E-state index in [1.807, 2.05) is 31.2 Å². The molecule has 0 aliphatic carbocycles. The van der Waals surface area contributed by atoms with Crippen molar-refractivity contribution < 1.29 is 4.79 Å². The van der Waals surface area contributed by atoms with Gasteiger partial charge in [-0.25, -0.2) is 4.98 Å². The van der Waals surface area contributed by atoms with Gasteiger partial charge in [-0.15, -0.1) is 0 Å². The normalized spacial score (nSPS) is 12.4. The van der Waals surface area contributed by atoms with Crippen molar-refractivity contribution in [1.29, 1.82) is 0 Å². The van der Waals surface area contributed by atoms with E-state index in [4.69, 9.17) is 0 Å². The SMILES string of the molecule is CC(NC(=O)Cc1ccn[nH]1)c1nc2ccccc2[nH]1. The number of para-hydroxylation sites is 2. The monoisotopic (exact) mass is 269 g/mol. The van der Waals surface area contributed by atoms with Gasteiger partial charge in [-0.3, -0.25) is 9.89 Å². The molecule has 0 spiro atoms.